The molecule has 1 atom stereocenters. The van der Waals surface area contributed by atoms with Gasteiger partial charge in [0.05, 0.1) is 5.75 Å². The predicted molar refractivity (Wildman–Crippen MR) is 126 cm³/mol. The third kappa shape index (κ3) is 22.3. The number of nitrogens with two attached hydrogens (primary N) is 1. The van der Waals surface area contributed by atoms with Gasteiger partial charge in [-0.25, -0.2) is 0 Å². The van der Waals surface area contributed by atoms with Crippen LogP contribution in [0.4, 0.5) is 0 Å². The van der Waals surface area contributed by atoms with Crippen LogP contribution < -0.4 is 5.73 Å². The van der Waals surface area contributed by atoms with Crippen LogP contribution in [0.1, 0.15) is 130 Å². The summed E-state index contributed by atoms with van der Waals surface area (Å²) in [5, 5.41) is 0. The minimum Gasteiger partial charge on any atom is -0.412 e. The molecule has 0 saturated heterocycles. The first kappa shape index (κ1) is 31.0. The molecule has 5 N–H and O–H groups in total. The fourth-order valence-electron chi connectivity index (χ4n) is 3.99. The number of hydrogen-bond donors (Lipinski definition) is 2. The average Bonchev–Trinajstić information content (AvgIpc) is 2.58. The highest BCUT2D eigenvalue weighted by atomic mass is 32.2. The van der Waals surface area contributed by atoms with E-state index < -0.39 is 10.1 Å². The molecule has 0 rings (SSSR count). The lowest BCUT2D eigenvalue weighted by Crippen LogP contribution is -2.41. The maximum atomic E-state index is 10.9. The van der Waals surface area contributed by atoms with Gasteiger partial charge >= 0.3 is 0 Å². The highest BCUT2D eigenvalue weighted by Crippen LogP contribution is 2.26. The molecule has 0 radical (unpaired) electrons. The van der Waals surface area contributed by atoms with Gasteiger partial charge in [-0.3, -0.25) is 4.55 Å². The van der Waals surface area contributed by atoms with Gasteiger partial charge in [-0.2, -0.15) is 8.42 Å². The van der Waals surface area contributed by atoms with Crippen molar-refractivity contribution in [3.63, 3.8) is 0 Å². The predicted octanol–water partition coefficient (Wildman–Crippen LogP) is 6.05. The third-order valence-corrected chi connectivity index (χ3v) is 6.72. The third-order valence-electron chi connectivity index (χ3n) is 5.91. The van der Waals surface area contributed by atoms with Crippen molar-refractivity contribution in [2.24, 2.45) is 11.7 Å². The lowest BCUT2D eigenvalue weighted by molar-refractivity contribution is 0.272. The molecule has 0 aromatic heterocycles. The van der Waals surface area contributed by atoms with E-state index in [1.807, 2.05) is 13.8 Å². The molecule has 178 valence electrons. The summed E-state index contributed by atoms with van der Waals surface area (Å²) < 4.78 is 30.7. The molecule has 0 aliphatic heterocycles. The van der Waals surface area contributed by atoms with Crippen LogP contribution in [0, 0.1) is 5.92 Å². The van der Waals surface area contributed by atoms with Crippen LogP contribution in [-0.4, -0.2) is 29.7 Å². The molecule has 0 aliphatic carbocycles. The standard InChI is InChI=1S/C23H49NO3S.H2O/c1-4-5-6-7-8-9-10-11-12-13-14-15-16-17-19-22(23(2,3)24)20-18-21-28(25,26)27;/h22H,4-21,24H2,1-3H3,(H,25,26,27);1H2. The van der Waals surface area contributed by atoms with E-state index in [1.54, 1.807) is 0 Å². The molecule has 1 unspecified atom stereocenters. The SMILES string of the molecule is CCCCCCCCCCCCCCCCC(CCCS(=O)(=O)O)C(C)(C)N.O. The molecule has 0 aromatic carbocycles. The lowest BCUT2D eigenvalue weighted by atomic mass is 9.81. The Morgan fingerprint density at radius 1 is 0.724 bits per heavy atom. The zero-order chi connectivity index (χ0) is 21.3. The molecule has 29 heavy (non-hydrogen) atoms. The maximum Gasteiger partial charge on any atom is 0.264 e. The zero-order valence-electron chi connectivity index (χ0n) is 19.6. The van der Waals surface area contributed by atoms with Crippen molar-refractivity contribution in [2.75, 3.05) is 5.75 Å². The summed E-state index contributed by atoms with van der Waals surface area (Å²) in [4.78, 5) is 0. The minimum atomic E-state index is -3.86. The summed E-state index contributed by atoms with van der Waals surface area (Å²) in [6, 6.07) is 0. The quantitative estimate of drug-likeness (QED) is 0.178. The Labute approximate surface area is 181 Å². The van der Waals surface area contributed by atoms with Crippen LogP contribution in [0.15, 0.2) is 0 Å². The summed E-state index contributed by atoms with van der Waals surface area (Å²) in [5.41, 5.74) is 5.98. The van der Waals surface area contributed by atoms with Gasteiger partial charge in [0, 0.05) is 5.54 Å². The first-order chi connectivity index (χ1) is 13.2. The van der Waals surface area contributed by atoms with Crippen molar-refractivity contribution in [3.05, 3.63) is 0 Å². The van der Waals surface area contributed by atoms with Gasteiger partial charge < -0.3 is 11.2 Å². The topological polar surface area (TPSA) is 112 Å². The summed E-state index contributed by atoms with van der Waals surface area (Å²) in [5.74, 6) is 0.157. The smallest absolute Gasteiger partial charge is 0.264 e. The molecular weight excluding hydrogens is 386 g/mol. The Bertz CT molecular complexity index is 446. The first-order valence-corrected chi connectivity index (χ1v) is 13.5. The van der Waals surface area contributed by atoms with E-state index in [1.165, 1.54) is 83.5 Å². The molecule has 0 aromatic rings. The van der Waals surface area contributed by atoms with Crippen molar-refractivity contribution < 1.29 is 18.4 Å². The van der Waals surface area contributed by atoms with Crippen molar-refractivity contribution in [2.45, 2.75) is 135 Å². The molecule has 0 bridgehead atoms. The maximum absolute atomic E-state index is 10.9. The summed E-state index contributed by atoms with van der Waals surface area (Å²) in [7, 11) is -3.86. The molecule has 0 fully saturated rings. The second-order valence-corrected chi connectivity index (χ2v) is 10.9. The Hall–Kier alpha value is -0.170. The Kier molecular flexibility index (Phi) is 19.9. The van der Waals surface area contributed by atoms with Crippen molar-refractivity contribution in [1.29, 1.82) is 0 Å². The minimum absolute atomic E-state index is 0. The van der Waals surface area contributed by atoms with E-state index in [0.29, 0.717) is 12.3 Å². The second kappa shape index (κ2) is 18.6. The molecule has 0 spiro atoms. The van der Waals surface area contributed by atoms with Crippen molar-refractivity contribution in [3.8, 4) is 0 Å². The van der Waals surface area contributed by atoms with Crippen LogP contribution in [0.25, 0.3) is 0 Å². The number of unbranched alkanes of at least 4 members (excludes halogenated alkanes) is 13. The Morgan fingerprint density at radius 2 is 1.07 bits per heavy atom. The average molecular weight is 438 g/mol. The van der Waals surface area contributed by atoms with Gasteiger partial charge in [-0.15, -0.1) is 0 Å². The number of hydrogen-bond acceptors (Lipinski definition) is 3. The molecule has 0 aliphatic rings. The monoisotopic (exact) mass is 437 g/mol. The highest BCUT2D eigenvalue weighted by molar-refractivity contribution is 7.85. The second-order valence-electron chi connectivity index (χ2n) is 9.33. The van der Waals surface area contributed by atoms with Gasteiger partial charge in [0.25, 0.3) is 10.1 Å². The van der Waals surface area contributed by atoms with E-state index in [2.05, 4.69) is 6.92 Å². The van der Waals surface area contributed by atoms with Crippen LogP contribution in [0.5, 0.6) is 0 Å². The van der Waals surface area contributed by atoms with E-state index >= 15 is 0 Å². The summed E-state index contributed by atoms with van der Waals surface area (Å²) >= 11 is 0. The highest BCUT2D eigenvalue weighted by Gasteiger charge is 2.24. The van der Waals surface area contributed by atoms with Gasteiger partial charge in [-0.1, -0.05) is 96.8 Å². The molecule has 0 amide bonds. The van der Waals surface area contributed by atoms with Crippen LogP contribution in [-0.2, 0) is 10.1 Å². The fraction of sp³-hybridized carbons (Fsp3) is 1.00. The van der Waals surface area contributed by atoms with E-state index in [0.717, 1.165) is 19.3 Å². The van der Waals surface area contributed by atoms with Crippen LogP contribution in [0.3, 0.4) is 0 Å². The van der Waals surface area contributed by atoms with E-state index in [-0.39, 0.29) is 16.8 Å². The molecule has 0 heterocycles. The van der Waals surface area contributed by atoms with Gasteiger partial charge in [0.15, 0.2) is 0 Å². The van der Waals surface area contributed by atoms with Crippen LogP contribution in [0.2, 0.25) is 0 Å². The number of rotatable bonds is 20. The summed E-state index contributed by atoms with van der Waals surface area (Å²) in [6.07, 6.45) is 21.3. The largest absolute Gasteiger partial charge is 0.412 e. The molecule has 6 heteroatoms. The normalized spacial score (nSPS) is 13.3. The summed E-state index contributed by atoms with van der Waals surface area (Å²) in [6.45, 7) is 6.31. The van der Waals surface area contributed by atoms with Gasteiger partial charge in [0.1, 0.15) is 0 Å². The zero-order valence-corrected chi connectivity index (χ0v) is 20.4. The molecular formula is C23H51NO4S. The Balaban J connectivity index is 0. The van der Waals surface area contributed by atoms with E-state index in [9.17, 15) is 8.42 Å². The fourth-order valence-corrected chi connectivity index (χ4v) is 4.52. The lowest BCUT2D eigenvalue weighted by Gasteiger charge is -2.30. The Morgan fingerprint density at radius 3 is 1.41 bits per heavy atom. The van der Waals surface area contributed by atoms with Crippen molar-refractivity contribution in [1.82, 2.24) is 0 Å². The van der Waals surface area contributed by atoms with Crippen molar-refractivity contribution >= 4 is 10.1 Å². The molecule has 0 saturated carbocycles. The van der Waals surface area contributed by atoms with E-state index in [4.69, 9.17) is 10.3 Å². The van der Waals surface area contributed by atoms with Gasteiger partial charge in [0.2, 0.25) is 0 Å². The van der Waals surface area contributed by atoms with Gasteiger partial charge in [-0.05, 0) is 39.0 Å². The first-order valence-electron chi connectivity index (χ1n) is 11.9. The van der Waals surface area contributed by atoms with Crippen LogP contribution >= 0.6 is 0 Å². The molecule has 5 nitrogen and oxygen atoms in total.